The zero-order valence-corrected chi connectivity index (χ0v) is 9.80. The monoisotopic (exact) mass is 219 g/mol. The summed E-state index contributed by atoms with van der Waals surface area (Å²) in [6, 6.07) is 0. The van der Waals surface area contributed by atoms with Gasteiger partial charge in [0.05, 0.1) is 18.6 Å². The third-order valence-corrected chi connectivity index (χ3v) is 2.58. The Balaban J connectivity index is 2.56. The van der Waals surface area contributed by atoms with Crippen molar-refractivity contribution in [3.63, 3.8) is 0 Å². The molecular formula is C10H18ClNO2. The number of morpholine rings is 1. The fourth-order valence-electron chi connectivity index (χ4n) is 1.47. The molecule has 4 heteroatoms. The minimum atomic E-state index is -0.311. The van der Waals surface area contributed by atoms with Gasteiger partial charge in [0, 0.05) is 18.5 Å². The summed E-state index contributed by atoms with van der Waals surface area (Å²) < 4.78 is 5.39. The largest absolute Gasteiger partial charge is 0.373 e. The average Bonchev–Trinajstić information content (AvgIpc) is 2.15. The summed E-state index contributed by atoms with van der Waals surface area (Å²) in [5.41, 5.74) is -0.311. The van der Waals surface area contributed by atoms with Crippen LogP contribution in [0.15, 0.2) is 0 Å². The van der Waals surface area contributed by atoms with E-state index in [1.807, 2.05) is 25.7 Å². The molecule has 1 rings (SSSR count). The number of nitrogens with zero attached hydrogens (tertiary/aromatic N) is 1. The number of halogens is 1. The van der Waals surface area contributed by atoms with Gasteiger partial charge >= 0.3 is 0 Å². The first-order valence-corrected chi connectivity index (χ1v) is 5.45. The molecule has 0 spiro atoms. The Labute approximate surface area is 90.4 Å². The van der Waals surface area contributed by atoms with E-state index in [0.29, 0.717) is 25.6 Å². The Morgan fingerprint density at radius 2 is 2.21 bits per heavy atom. The first kappa shape index (κ1) is 11.8. The number of ether oxygens (including phenoxy) is 1. The zero-order chi connectivity index (χ0) is 10.8. The van der Waals surface area contributed by atoms with Crippen molar-refractivity contribution in [2.24, 2.45) is 5.41 Å². The van der Waals surface area contributed by atoms with Crippen molar-refractivity contribution in [1.29, 1.82) is 0 Å². The lowest BCUT2D eigenvalue weighted by molar-refractivity contribution is -0.146. The Kier molecular flexibility index (Phi) is 3.78. The van der Waals surface area contributed by atoms with E-state index in [1.165, 1.54) is 0 Å². The molecule has 1 heterocycles. The summed E-state index contributed by atoms with van der Waals surface area (Å²) in [6.45, 7) is 7.70. The summed E-state index contributed by atoms with van der Waals surface area (Å²) >= 11 is 5.70. The van der Waals surface area contributed by atoms with E-state index in [-0.39, 0.29) is 17.4 Å². The predicted molar refractivity (Wildman–Crippen MR) is 56.5 cm³/mol. The topological polar surface area (TPSA) is 29.5 Å². The van der Waals surface area contributed by atoms with Gasteiger partial charge in [-0.2, -0.15) is 0 Å². The third-order valence-electron chi connectivity index (χ3n) is 2.24. The summed E-state index contributed by atoms with van der Waals surface area (Å²) in [7, 11) is 0. The van der Waals surface area contributed by atoms with Crippen molar-refractivity contribution in [2.75, 3.05) is 25.6 Å². The average molecular weight is 220 g/mol. The zero-order valence-electron chi connectivity index (χ0n) is 9.05. The molecule has 0 saturated carbocycles. The van der Waals surface area contributed by atoms with Gasteiger partial charge in [0.25, 0.3) is 0 Å². The van der Waals surface area contributed by atoms with Crippen molar-refractivity contribution in [1.82, 2.24) is 4.90 Å². The standard InChI is InChI=1S/C10H18ClNO2/c1-10(2,3)9(13)12-4-5-14-8(6-11)7-12/h8H,4-7H2,1-3H3. The van der Waals surface area contributed by atoms with E-state index < -0.39 is 0 Å². The van der Waals surface area contributed by atoms with Crippen LogP contribution in [0.3, 0.4) is 0 Å². The van der Waals surface area contributed by atoms with Crippen molar-refractivity contribution in [2.45, 2.75) is 26.9 Å². The maximum absolute atomic E-state index is 11.9. The number of carbonyl (C=O) groups excluding carboxylic acids is 1. The highest BCUT2D eigenvalue weighted by atomic mass is 35.5. The number of amides is 1. The molecule has 3 nitrogen and oxygen atoms in total. The van der Waals surface area contributed by atoms with Gasteiger partial charge in [-0.3, -0.25) is 4.79 Å². The van der Waals surface area contributed by atoms with E-state index >= 15 is 0 Å². The smallest absolute Gasteiger partial charge is 0.228 e. The maximum atomic E-state index is 11.9. The Bertz CT molecular complexity index is 213. The Morgan fingerprint density at radius 3 is 2.71 bits per heavy atom. The van der Waals surface area contributed by atoms with E-state index in [9.17, 15) is 4.79 Å². The predicted octanol–water partition coefficient (Wildman–Crippen LogP) is 1.50. The molecule has 0 aliphatic carbocycles. The van der Waals surface area contributed by atoms with Gasteiger partial charge in [-0.05, 0) is 0 Å². The molecule has 1 saturated heterocycles. The van der Waals surface area contributed by atoms with Crippen LogP contribution < -0.4 is 0 Å². The van der Waals surface area contributed by atoms with Gasteiger partial charge in [0.1, 0.15) is 0 Å². The van der Waals surface area contributed by atoms with E-state index in [4.69, 9.17) is 16.3 Å². The first-order chi connectivity index (χ1) is 6.45. The minimum absolute atomic E-state index is 0.00304. The number of alkyl halides is 1. The summed E-state index contributed by atoms with van der Waals surface area (Å²) in [4.78, 5) is 13.8. The lowest BCUT2D eigenvalue weighted by Gasteiger charge is -2.35. The first-order valence-electron chi connectivity index (χ1n) is 4.92. The minimum Gasteiger partial charge on any atom is -0.373 e. The van der Waals surface area contributed by atoms with E-state index in [1.54, 1.807) is 0 Å². The van der Waals surface area contributed by atoms with Crippen LogP contribution in [-0.4, -0.2) is 42.5 Å². The van der Waals surface area contributed by atoms with Gasteiger partial charge in [-0.1, -0.05) is 20.8 Å². The van der Waals surface area contributed by atoms with Crippen molar-refractivity contribution in [3.05, 3.63) is 0 Å². The molecule has 0 N–H and O–H groups in total. The van der Waals surface area contributed by atoms with Gasteiger partial charge in [0.15, 0.2) is 0 Å². The van der Waals surface area contributed by atoms with Crippen LogP contribution in [0.5, 0.6) is 0 Å². The molecule has 1 aliphatic rings. The van der Waals surface area contributed by atoms with Crippen LogP contribution in [-0.2, 0) is 9.53 Å². The molecule has 0 aromatic carbocycles. The van der Waals surface area contributed by atoms with Crippen LogP contribution in [0.25, 0.3) is 0 Å². The van der Waals surface area contributed by atoms with Gasteiger partial charge in [0.2, 0.25) is 5.91 Å². The molecule has 0 radical (unpaired) electrons. The van der Waals surface area contributed by atoms with Crippen LogP contribution in [0, 0.1) is 5.41 Å². The molecule has 0 bridgehead atoms. The molecule has 14 heavy (non-hydrogen) atoms. The van der Waals surface area contributed by atoms with Crippen LogP contribution in [0.2, 0.25) is 0 Å². The van der Waals surface area contributed by atoms with E-state index in [0.717, 1.165) is 0 Å². The maximum Gasteiger partial charge on any atom is 0.228 e. The SMILES string of the molecule is CC(C)(C)C(=O)N1CCOC(CCl)C1. The molecule has 1 atom stereocenters. The summed E-state index contributed by atoms with van der Waals surface area (Å²) in [6.07, 6.45) is -0.00304. The number of carbonyl (C=O) groups is 1. The van der Waals surface area contributed by atoms with Crippen LogP contribution in [0.4, 0.5) is 0 Å². The molecular weight excluding hydrogens is 202 g/mol. The highest BCUT2D eigenvalue weighted by molar-refractivity contribution is 6.18. The quantitative estimate of drug-likeness (QED) is 0.626. The fraction of sp³-hybridized carbons (Fsp3) is 0.900. The lowest BCUT2D eigenvalue weighted by atomic mass is 9.94. The molecule has 0 aromatic rings. The van der Waals surface area contributed by atoms with Gasteiger partial charge < -0.3 is 9.64 Å². The lowest BCUT2D eigenvalue weighted by Crippen LogP contribution is -2.49. The van der Waals surface area contributed by atoms with Gasteiger partial charge in [-0.25, -0.2) is 0 Å². The normalized spacial score (nSPS) is 23.7. The van der Waals surface area contributed by atoms with Crippen molar-refractivity contribution < 1.29 is 9.53 Å². The number of hydrogen-bond acceptors (Lipinski definition) is 2. The van der Waals surface area contributed by atoms with Crippen molar-refractivity contribution in [3.8, 4) is 0 Å². The van der Waals surface area contributed by atoms with E-state index in [2.05, 4.69) is 0 Å². The second-order valence-corrected chi connectivity index (χ2v) is 4.96. The highest BCUT2D eigenvalue weighted by Gasteiger charge is 2.30. The molecule has 0 aromatic heterocycles. The second-order valence-electron chi connectivity index (χ2n) is 4.65. The number of rotatable bonds is 1. The second kappa shape index (κ2) is 4.49. The highest BCUT2D eigenvalue weighted by Crippen LogP contribution is 2.19. The van der Waals surface area contributed by atoms with Crippen LogP contribution >= 0.6 is 11.6 Å². The Morgan fingerprint density at radius 1 is 1.57 bits per heavy atom. The fourth-order valence-corrected chi connectivity index (χ4v) is 1.66. The van der Waals surface area contributed by atoms with Crippen LogP contribution in [0.1, 0.15) is 20.8 Å². The summed E-state index contributed by atoms with van der Waals surface area (Å²) in [5.74, 6) is 0.629. The third kappa shape index (κ3) is 2.85. The number of hydrogen-bond donors (Lipinski definition) is 0. The molecule has 1 amide bonds. The summed E-state index contributed by atoms with van der Waals surface area (Å²) in [5, 5.41) is 0. The molecule has 1 aliphatic heterocycles. The molecule has 1 unspecified atom stereocenters. The Hall–Kier alpha value is -0.280. The molecule has 82 valence electrons. The van der Waals surface area contributed by atoms with Crippen molar-refractivity contribution >= 4 is 17.5 Å². The molecule has 1 fully saturated rings. The van der Waals surface area contributed by atoms with Gasteiger partial charge in [-0.15, -0.1) is 11.6 Å².